The van der Waals surface area contributed by atoms with E-state index in [1.54, 1.807) is 0 Å². The minimum atomic E-state index is 0.185. The van der Waals surface area contributed by atoms with Gasteiger partial charge in [0, 0.05) is 12.4 Å². The number of hydrogen-bond donors (Lipinski definition) is 0. The molecule has 1 heterocycles. The quantitative estimate of drug-likeness (QED) is 0.746. The standard InChI is InChI=1S/C12H20N2O/c1-5-12(4,6-2)10-8-13-11(14-9-10)15-7-3/h8-9H,5-7H2,1-4H3. The van der Waals surface area contributed by atoms with Gasteiger partial charge in [-0.25, -0.2) is 9.97 Å². The van der Waals surface area contributed by atoms with Gasteiger partial charge in [0.25, 0.3) is 0 Å². The van der Waals surface area contributed by atoms with Gasteiger partial charge >= 0.3 is 6.01 Å². The molecule has 0 amide bonds. The van der Waals surface area contributed by atoms with Crippen molar-refractivity contribution in [2.45, 2.75) is 46.0 Å². The van der Waals surface area contributed by atoms with Gasteiger partial charge in [0.1, 0.15) is 0 Å². The van der Waals surface area contributed by atoms with Crippen LogP contribution in [-0.4, -0.2) is 16.6 Å². The van der Waals surface area contributed by atoms with Crippen molar-refractivity contribution in [2.75, 3.05) is 6.61 Å². The van der Waals surface area contributed by atoms with Crippen LogP contribution in [0.5, 0.6) is 6.01 Å². The van der Waals surface area contributed by atoms with Crippen LogP contribution in [-0.2, 0) is 5.41 Å². The third kappa shape index (κ3) is 2.67. The van der Waals surface area contributed by atoms with Gasteiger partial charge in [-0.05, 0) is 30.7 Å². The smallest absolute Gasteiger partial charge is 0.316 e. The van der Waals surface area contributed by atoms with Crippen molar-refractivity contribution in [1.82, 2.24) is 9.97 Å². The molecular formula is C12H20N2O. The summed E-state index contributed by atoms with van der Waals surface area (Å²) in [6.07, 6.45) is 5.96. The summed E-state index contributed by atoms with van der Waals surface area (Å²) in [5, 5.41) is 0. The van der Waals surface area contributed by atoms with E-state index in [0.29, 0.717) is 12.6 Å². The van der Waals surface area contributed by atoms with Crippen molar-refractivity contribution in [3.8, 4) is 6.01 Å². The van der Waals surface area contributed by atoms with Crippen molar-refractivity contribution < 1.29 is 4.74 Å². The molecule has 1 aromatic rings. The molecule has 3 heteroatoms. The van der Waals surface area contributed by atoms with Crippen LogP contribution >= 0.6 is 0 Å². The van der Waals surface area contributed by atoms with Crippen LogP contribution in [0.2, 0.25) is 0 Å². The van der Waals surface area contributed by atoms with E-state index in [1.165, 1.54) is 5.56 Å². The second-order valence-electron chi connectivity index (χ2n) is 3.96. The van der Waals surface area contributed by atoms with Gasteiger partial charge in [-0.2, -0.15) is 0 Å². The van der Waals surface area contributed by atoms with Crippen molar-refractivity contribution in [3.05, 3.63) is 18.0 Å². The van der Waals surface area contributed by atoms with E-state index in [9.17, 15) is 0 Å². The van der Waals surface area contributed by atoms with Gasteiger partial charge in [-0.15, -0.1) is 0 Å². The molecular weight excluding hydrogens is 188 g/mol. The monoisotopic (exact) mass is 208 g/mol. The van der Waals surface area contributed by atoms with Gasteiger partial charge in [-0.1, -0.05) is 20.8 Å². The lowest BCUT2D eigenvalue weighted by Crippen LogP contribution is -2.20. The summed E-state index contributed by atoms with van der Waals surface area (Å²) in [6.45, 7) is 9.17. The largest absolute Gasteiger partial charge is 0.464 e. The molecule has 0 unspecified atom stereocenters. The maximum absolute atomic E-state index is 5.22. The predicted octanol–water partition coefficient (Wildman–Crippen LogP) is 2.95. The first-order valence-corrected chi connectivity index (χ1v) is 5.61. The molecule has 0 atom stereocenters. The molecule has 0 aliphatic rings. The maximum atomic E-state index is 5.22. The third-order valence-corrected chi connectivity index (χ3v) is 3.16. The normalized spacial score (nSPS) is 11.5. The van der Waals surface area contributed by atoms with E-state index in [2.05, 4.69) is 30.7 Å². The van der Waals surface area contributed by atoms with Gasteiger partial charge in [0.15, 0.2) is 0 Å². The summed E-state index contributed by atoms with van der Waals surface area (Å²) in [7, 11) is 0. The molecule has 0 bridgehead atoms. The first kappa shape index (κ1) is 12.0. The Morgan fingerprint density at radius 1 is 1.13 bits per heavy atom. The second-order valence-corrected chi connectivity index (χ2v) is 3.96. The van der Waals surface area contributed by atoms with Gasteiger partial charge in [0.05, 0.1) is 6.61 Å². The summed E-state index contributed by atoms with van der Waals surface area (Å²) in [5.74, 6) is 0. The Bertz CT molecular complexity index is 291. The molecule has 0 saturated carbocycles. The summed E-state index contributed by atoms with van der Waals surface area (Å²) in [4.78, 5) is 8.39. The van der Waals surface area contributed by atoms with Crippen LogP contribution in [0.15, 0.2) is 12.4 Å². The van der Waals surface area contributed by atoms with Crippen LogP contribution in [0.3, 0.4) is 0 Å². The molecule has 15 heavy (non-hydrogen) atoms. The minimum absolute atomic E-state index is 0.185. The summed E-state index contributed by atoms with van der Waals surface area (Å²) < 4.78 is 5.22. The van der Waals surface area contributed by atoms with Crippen molar-refractivity contribution >= 4 is 0 Å². The zero-order chi connectivity index (χ0) is 11.3. The van der Waals surface area contributed by atoms with Crippen molar-refractivity contribution in [3.63, 3.8) is 0 Å². The SMILES string of the molecule is CCOc1ncc(C(C)(CC)CC)cn1. The molecule has 1 rings (SSSR count). The molecule has 0 spiro atoms. The van der Waals surface area contributed by atoms with Gasteiger partial charge < -0.3 is 4.74 Å². The van der Waals surface area contributed by atoms with Crippen molar-refractivity contribution in [2.24, 2.45) is 0 Å². The average Bonchev–Trinajstić information content (AvgIpc) is 2.29. The number of nitrogens with zero attached hydrogens (tertiary/aromatic N) is 2. The molecule has 84 valence electrons. The Hall–Kier alpha value is -1.12. The lowest BCUT2D eigenvalue weighted by molar-refractivity contribution is 0.310. The number of rotatable bonds is 5. The first-order valence-electron chi connectivity index (χ1n) is 5.61. The Morgan fingerprint density at radius 3 is 2.07 bits per heavy atom. The lowest BCUT2D eigenvalue weighted by Gasteiger charge is -2.26. The van der Waals surface area contributed by atoms with Crippen LogP contribution in [0, 0.1) is 0 Å². The van der Waals surface area contributed by atoms with Crippen LogP contribution in [0.4, 0.5) is 0 Å². The van der Waals surface area contributed by atoms with Gasteiger partial charge in [-0.3, -0.25) is 0 Å². The van der Waals surface area contributed by atoms with E-state index in [-0.39, 0.29) is 5.41 Å². The van der Waals surface area contributed by atoms with E-state index < -0.39 is 0 Å². The topological polar surface area (TPSA) is 35.0 Å². The molecule has 0 saturated heterocycles. The maximum Gasteiger partial charge on any atom is 0.316 e. The van der Waals surface area contributed by atoms with E-state index in [1.807, 2.05) is 19.3 Å². The summed E-state index contributed by atoms with van der Waals surface area (Å²) >= 11 is 0. The molecule has 0 radical (unpaired) electrons. The Balaban J connectivity index is 2.87. The van der Waals surface area contributed by atoms with Crippen LogP contribution in [0.1, 0.15) is 46.1 Å². The Labute approximate surface area is 91.9 Å². The molecule has 3 nitrogen and oxygen atoms in total. The van der Waals surface area contributed by atoms with E-state index >= 15 is 0 Å². The molecule has 1 aromatic heterocycles. The fourth-order valence-corrected chi connectivity index (χ4v) is 1.49. The summed E-state index contributed by atoms with van der Waals surface area (Å²) in [5.41, 5.74) is 1.38. The van der Waals surface area contributed by atoms with Crippen molar-refractivity contribution in [1.29, 1.82) is 0 Å². The highest BCUT2D eigenvalue weighted by Crippen LogP contribution is 2.30. The molecule has 0 aliphatic carbocycles. The first-order chi connectivity index (χ1) is 7.16. The third-order valence-electron chi connectivity index (χ3n) is 3.16. The molecule has 0 N–H and O–H groups in total. The number of hydrogen-bond acceptors (Lipinski definition) is 3. The van der Waals surface area contributed by atoms with Crippen LogP contribution < -0.4 is 4.74 Å². The zero-order valence-electron chi connectivity index (χ0n) is 10.1. The molecule has 0 fully saturated rings. The molecule has 0 aliphatic heterocycles. The number of ether oxygens (including phenoxy) is 1. The van der Waals surface area contributed by atoms with E-state index in [4.69, 9.17) is 4.74 Å². The average molecular weight is 208 g/mol. The predicted molar refractivity (Wildman–Crippen MR) is 61.1 cm³/mol. The lowest BCUT2D eigenvalue weighted by atomic mass is 9.79. The zero-order valence-corrected chi connectivity index (χ0v) is 10.1. The highest BCUT2D eigenvalue weighted by molar-refractivity contribution is 5.18. The Morgan fingerprint density at radius 2 is 1.67 bits per heavy atom. The highest BCUT2D eigenvalue weighted by atomic mass is 16.5. The second kappa shape index (κ2) is 5.10. The highest BCUT2D eigenvalue weighted by Gasteiger charge is 2.22. The Kier molecular flexibility index (Phi) is 4.06. The fourth-order valence-electron chi connectivity index (χ4n) is 1.49. The molecule has 0 aromatic carbocycles. The minimum Gasteiger partial charge on any atom is -0.464 e. The fraction of sp³-hybridized carbons (Fsp3) is 0.667. The summed E-state index contributed by atoms with van der Waals surface area (Å²) in [6, 6.07) is 0.468. The van der Waals surface area contributed by atoms with E-state index in [0.717, 1.165) is 12.8 Å². The number of aromatic nitrogens is 2. The van der Waals surface area contributed by atoms with Gasteiger partial charge in [0.2, 0.25) is 0 Å². The van der Waals surface area contributed by atoms with Crippen LogP contribution in [0.25, 0.3) is 0 Å².